The number of nitrogens with zero attached hydrogens (tertiary/aromatic N) is 1. The Labute approximate surface area is 135 Å². The molecular weight excluding hydrogens is 320 g/mol. The lowest BCUT2D eigenvalue weighted by Crippen LogP contribution is -2.26. The predicted octanol–water partition coefficient (Wildman–Crippen LogP) is 2.76. The number of aryl methyl sites for hydroxylation is 1. The third kappa shape index (κ3) is 4.79. The Bertz CT molecular complexity index is 707. The van der Waals surface area contributed by atoms with Crippen molar-refractivity contribution in [2.45, 2.75) is 38.2 Å². The average Bonchev–Trinajstić information content (AvgIpc) is 2.84. The number of hydrogen-bond donors (Lipinski definition) is 1. The lowest BCUT2D eigenvalue weighted by Gasteiger charge is -2.10. The van der Waals surface area contributed by atoms with Crippen LogP contribution in [0.1, 0.15) is 24.5 Å². The van der Waals surface area contributed by atoms with E-state index in [1.54, 1.807) is 35.6 Å². The summed E-state index contributed by atoms with van der Waals surface area (Å²) in [7, 11) is -3.50. The van der Waals surface area contributed by atoms with Crippen LogP contribution in [0.15, 0.2) is 34.5 Å². The summed E-state index contributed by atoms with van der Waals surface area (Å²) in [6, 6.07) is 6.43. The zero-order valence-electron chi connectivity index (χ0n) is 12.9. The number of nitrogens with one attached hydrogen (secondary N) is 1. The van der Waals surface area contributed by atoms with Gasteiger partial charge in [-0.25, -0.2) is 18.1 Å². The summed E-state index contributed by atoms with van der Waals surface area (Å²) in [4.78, 5) is 4.54. The second-order valence-corrected chi connectivity index (χ2v) is 7.88. The van der Waals surface area contributed by atoms with Crippen LogP contribution in [0.2, 0.25) is 0 Å². The highest BCUT2D eigenvalue weighted by atomic mass is 32.2. The zero-order chi connectivity index (χ0) is 16.2. The molecule has 0 aliphatic carbocycles. The molecule has 0 fully saturated rings. The van der Waals surface area contributed by atoms with E-state index >= 15 is 0 Å². The molecule has 0 saturated heterocycles. The molecule has 0 aliphatic heterocycles. The number of rotatable bonds is 7. The van der Waals surface area contributed by atoms with E-state index in [2.05, 4.69) is 9.71 Å². The predicted molar refractivity (Wildman–Crippen MR) is 87.9 cm³/mol. The first-order chi connectivity index (χ1) is 10.4. The van der Waals surface area contributed by atoms with E-state index in [0.29, 0.717) is 18.7 Å². The lowest BCUT2D eigenvalue weighted by molar-refractivity contribution is 0.242. The van der Waals surface area contributed by atoms with Gasteiger partial charge in [-0.2, -0.15) is 0 Å². The van der Waals surface area contributed by atoms with Crippen LogP contribution in [-0.4, -0.2) is 26.1 Å². The largest absolute Gasteiger partial charge is 0.491 e. The van der Waals surface area contributed by atoms with Crippen LogP contribution in [0, 0.1) is 6.92 Å². The number of benzene rings is 1. The quantitative estimate of drug-likeness (QED) is 0.841. The number of thiazole rings is 1. The second kappa shape index (κ2) is 7.21. The molecule has 1 N–H and O–H groups in total. The Hall–Kier alpha value is -1.44. The maximum Gasteiger partial charge on any atom is 0.240 e. The zero-order valence-corrected chi connectivity index (χ0v) is 14.5. The Morgan fingerprint density at radius 3 is 2.50 bits per heavy atom. The minimum atomic E-state index is -3.50. The summed E-state index contributed by atoms with van der Waals surface area (Å²) >= 11 is 1.54. The van der Waals surface area contributed by atoms with Crippen molar-refractivity contribution < 1.29 is 13.2 Å². The monoisotopic (exact) mass is 340 g/mol. The van der Waals surface area contributed by atoms with Gasteiger partial charge >= 0.3 is 0 Å². The molecule has 0 aliphatic rings. The molecule has 0 radical (unpaired) electrons. The molecule has 0 unspecified atom stereocenters. The van der Waals surface area contributed by atoms with E-state index < -0.39 is 10.0 Å². The summed E-state index contributed by atoms with van der Waals surface area (Å²) in [5.41, 5.74) is 0.962. The minimum absolute atomic E-state index is 0.0577. The standard InChI is InChI=1S/C15H20N2O3S2/c1-11(2)20-13-4-6-14(7-5-13)22(18,19)16-9-8-15-17-12(3)10-21-15/h4-7,10-11,16H,8-9H2,1-3H3. The third-order valence-corrected chi connectivity index (χ3v) is 5.31. The fourth-order valence-corrected chi connectivity index (χ4v) is 3.67. The summed E-state index contributed by atoms with van der Waals surface area (Å²) in [6.45, 7) is 6.10. The molecule has 0 bridgehead atoms. The maximum atomic E-state index is 12.2. The van der Waals surface area contributed by atoms with Gasteiger partial charge in [-0.1, -0.05) is 0 Å². The molecule has 0 saturated carbocycles. The van der Waals surface area contributed by atoms with Crippen molar-refractivity contribution in [1.82, 2.24) is 9.71 Å². The molecule has 2 aromatic rings. The molecule has 0 amide bonds. The minimum Gasteiger partial charge on any atom is -0.491 e. The van der Waals surface area contributed by atoms with Crippen molar-refractivity contribution in [2.24, 2.45) is 0 Å². The first-order valence-corrected chi connectivity index (χ1v) is 9.40. The summed E-state index contributed by atoms with van der Waals surface area (Å²) in [5.74, 6) is 0.659. The van der Waals surface area contributed by atoms with Crippen molar-refractivity contribution in [3.8, 4) is 5.75 Å². The summed E-state index contributed by atoms with van der Waals surface area (Å²) in [5, 5.41) is 2.89. The number of ether oxygens (including phenoxy) is 1. The maximum absolute atomic E-state index is 12.2. The normalized spacial score (nSPS) is 11.8. The molecule has 0 atom stereocenters. The summed E-state index contributed by atoms with van der Waals surface area (Å²) in [6.07, 6.45) is 0.647. The first-order valence-electron chi connectivity index (χ1n) is 7.04. The third-order valence-electron chi connectivity index (χ3n) is 2.80. The number of hydrogen-bond acceptors (Lipinski definition) is 5. The van der Waals surface area contributed by atoms with Gasteiger partial charge in [0, 0.05) is 24.0 Å². The number of sulfonamides is 1. The van der Waals surface area contributed by atoms with Crippen molar-refractivity contribution in [2.75, 3.05) is 6.54 Å². The fourth-order valence-electron chi connectivity index (χ4n) is 1.86. The van der Waals surface area contributed by atoms with Gasteiger partial charge in [-0.15, -0.1) is 11.3 Å². The highest BCUT2D eigenvalue weighted by Crippen LogP contribution is 2.17. The second-order valence-electron chi connectivity index (χ2n) is 5.17. The molecule has 22 heavy (non-hydrogen) atoms. The van der Waals surface area contributed by atoms with Gasteiger partial charge in [0.05, 0.1) is 16.0 Å². The van der Waals surface area contributed by atoms with E-state index in [1.807, 2.05) is 26.2 Å². The van der Waals surface area contributed by atoms with Crippen molar-refractivity contribution >= 4 is 21.4 Å². The van der Waals surface area contributed by atoms with Gasteiger partial charge in [0.1, 0.15) is 5.75 Å². The van der Waals surface area contributed by atoms with E-state index in [0.717, 1.165) is 10.7 Å². The Morgan fingerprint density at radius 2 is 1.95 bits per heavy atom. The Morgan fingerprint density at radius 1 is 1.27 bits per heavy atom. The van der Waals surface area contributed by atoms with Crippen LogP contribution >= 0.6 is 11.3 Å². The molecule has 1 heterocycles. The van der Waals surface area contributed by atoms with Crippen LogP contribution < -0.4 is 9.46 Å². The first kappa shape index (κ1) is 16.9. The van der Waals surface area contributed by atoms with Gasteiger partial charge in [0.15, 0.2) is 0 Å². The smallest absolute Gasteiger partial charge is 0.240 e. The Balaban J connectivity index is 1.94. The molecule has 1 aromatic carbocycles. The van der Waals surface area contributed by atoms with Gasteiger partial charge < -0.3 is 4.74 Å². The van der Waals surface area contributed by atoms with E-state index in [9.17, 15) is 8.42 Å². The van der Waals surface area contributed by atoms with E-state index in [1.165, 1.54) is 0 Å². The SMILES string of the molecule is Cc1csc(CCNS(=O)(=O)c2ccc(OC(C)C)cc2)n1. The van der Waals surface area contributed by atoms with Crippen molar-refractivity contribution in [3.05, 3.63) is 40.3 Å². The van der Waals surface area contributed by atoms with Crippen LogP contribution in [0.4, 0.5) is 0 Å². The van der Waals surface area contributed by atoms with Gasteiger partial charge in [-0.3, -0.25) is 0 Å². The highest BCUT2D eigenvalue weighted by molar-refractivity contribution is 7.89. The van der Waals surface area contributed by atoms with Gasteiger partial charge in [0.2, 0.25) is 10.0 Å². The van der Waals surface area contributed by atoms with Crippen LogP contribution in [0.5, 0.6) is 5.75 Å². The molecule has 1 aromatic heterocycles. The lowest BCUT2D eigenvalue weighted by atomic mass is 10.3. The van der Waals surface area contributed by atoms with E-state index in [-0.39, 0.29) is 11.0 Å². The van der Waals surface area contributed by atoms with Gasteiger partial charge in [0.25, 0.3) is 0 Å². The van der Waals surface area contributed by atoms with E-state index in [4.69, 9.17) is 4.74 Å². The van der Waals surface area contributed by atoms with Crippen LogP contribution in [-0.2, 0) is 16.4 Å². The fraction of sp³-hybridized carbons (Fsp3) is 0.400. The van der Waals surface area contributed by atoms with Crippen LogP contribution in [0.3, 0.4) is 0 Å². The summed E-state index contributed by atoms with van der Waals surface area (Å²) < 4.78 is 32.5. The van der Waals surface area contributed by atoms with Crippen molar-refractivity contribution in [1.29, 1.82) is 0 Å². The molecule has 5 nitrogen and oxygen atoms in total. The molecule has 120 valence electrons. The number of aromatic nitrogens is 1. The Kier molecular flexibility index (Phi) is 5.55. The van der Waals surface area contributed by atoms with Crippen molar-refractivity contribution in [3.63, 3.8) is 0 Å². The molecular formula is C15H20N2O3S2. The average molecular weight is 340 g/mol. The van der Waals surface area contributed by atoms with Crippen LogP contribution in [0.25, 0.3) is 0 Å². The topological polar surface area (TPSA) is 68.3 Å². The molecule has 0 spiro atoms. The van der Waals surface area contributed by atoms with Gasteiger partial charge in [-0.05, 0) is 45.0 Å². The molecule has 7 heteroatoms. The molecule has 2 rings (SSSR count). The highest BCUT2D eigenvalue weighted by Gasteiger charge is 2.14.